The molecule has 2 rings (SSSR count). The van der Waals surface area contributed by atoms with Gasteiger partial charge in [-0.1, -0.05) is 23.4 Å². The number of hydrogen-bond acceptors (Lipinski definition) is 4. The summed E-state index contributed by atoms with van der Waals surface area (Å²) in [6.07, 6.45) is 3.58. The van der Waals surface area contributed by atoms with E-state index in [9.17, 15) is 0 Å². The lowest BCUT2D eigenvalue weighted by Gasteiger charge is -2.09. The van der Waals surface area contributed by atoms with E-state index in [4.69, 9.17) is 4.52 Å². The molecule has 4 heteroatoms. The van der Waals surface area contributed by atoms with Crippen molar-refractivity contribution in [3.8, 4) is 11.4 Å². The molecule has 0 saturated carbocycles. The van der Waals surface area contributed by atoms with Gasteiger partial charge in [0.05, 0.1) is 0 Å². The number of aromatic nitrogens is 2. The first kappa shape index (κ1) is 11.8. The summed E-state index contributed by atoms with van der Waals surface area (Å²) in [4.78, 5) is 6.25. The van der Waals surface area contributed by atoms with Gasteiger partial charge in [0, 0.05) is 5.56 Å². The summed E-state index contributed by atoms with van der Waals surface area (Å²) in [5.74, 6) is 0.652. The zero-order valence-corrected chi connectivity index (χ0v) is 10.3. The van der Waals surface area contributed by atoms with Crippen molar-refractivity contribution < 1.29 is 4.52 Å². The van der Waals surface area contributed by atoms with E-state index in [-0.39, 0.29) is 0 Å². The Balaban J connectivity index is 2.02. The minimum atomic E-state index is 0.652. The normalized spacial score (nSPS) is 11.0. The molecule has 1 aromatic heterocycles. The number of nitrogens with zero attached hydrogens (tertiary/aromatic N) is 3. The van der Waals surface area contributed by atoms with Crippen LogP contribution in [0.25, 0.3) is 11.4 Å². The number of aryl methyl sites for hydroxylation is 1. The third-order valence-electron chi connectivity index (χ3n) is 2.62. The van der Waals surface area contributed by atoms with Gasteiger partial charge in [-0.15, -0.1) is 0 Å². The van der Waals surface area contributed by atoms with Crippen molar-refractivity contribution in [3.05, 3.63) is 36.2 Å². The van der Waals surface area contributed by atoms with Crippen LogP contribution in [0, 0.1) is 0 Å². The summed E-state index contributed by atoms with van der Waals surface area (Å²) >= 11 is 0. The maximum atomic E-state index is 4.75. The lowest BCUT2D eigenvalue weighted by atomic mass is 10.1. The highest BCUT2D eigenvalue weighted by atomic mass is 16.5. The number of benzene rings is 1. The Labute approximate surface area is 101 Å². The second-order valence-corrected chi connectivity index (χ2v) is 4.36. The quantitative estimate of drug-likeness (QED) is 0.791. The van der Waals surface area contributed by atoms with E-state index in [1.54, 1.807) is 0 Å². The fraction of sp³-hybridized carbons (Fsp3) is 0.385. The Morgan fingerprint density at radius 3 is 2.88 bits per heavy atom. The molecule has 0 saturated heterocycles. The summed E-state index contributed by atoms with van der Waals surface area (Å²) in [5.41, 5.74) is 2.33. The van der Waals surface area contributed by atoms with E-state index >= 15 is 0 Å². The Bertz CT molecular complexity index is 451. The SMILES string of the molecule is CN(C)CCCc1cccc(-c2ncon2)c1. The van der Waals surface area contributed by atoms with Crippen molar-refractivity contribution >= 4 is 0 Å². The molecule has 0 aliphatic carbocycles. The predicted octanol–water partition coefficient (Wildman–Crippen LogP) is 2.23. The highest BCUT2D eigenvalue weighted by Crippen LogP contribution is 2.16. The average Bonchev–Trinajstić information content (AvgIpc) is 2.82. The highest BCUT2D eigenvalue weighted by molar-refractivity contribution is 5.55. The molecular weight excluding hydrogens is 214 g/mol. The van der Waals surface area contributed by atoms with Crippen molar-refractivity contribution in [3.63, 3.8) is 0 Å². The lowest BCUT2D eigenvalue weighted by Crippen LogP contribution is -2.13. The van der Waals surface area contributed by atoms with E-state index in [1.165, 1.54) is 12.0 Å². The van der Waals surface area contributed by atoms with Gasteiger partial charge in [-0.2, -0.15) is 4.98 Å². The zero-order valence-electron chi connectivity index (χ0n) is 10.3. The average molecular weight is 231 g/mol. The van der Waals surface area contributed by atoms with Gasteiger partial charge >= 0.3 is 0 Å². The third kappa shape index (κ3) is 3.39. The fourth-order valence-corrected chi connectivity index (χ4v) is 1.76. The summed E-state index contributed by atoms with van der Waals surface area (Å²) in [6, 6.07) is 8.30. The minimum Gasteiger partial charge on any atom is -0.342 e. The summed E-state index contributed by atoms with van der Waals surface area (Å²) in [6.45, 7) is 1.10. The molecule has 2 aromatic rings. The zero-order chi connectivity index (χ0) is 12.1. The second-order valence-electron chi connectivity index (χ2n) is 4.36. The topological polar surface area (TPSA) is 42.2 Å². The first-order valence-electron chi connectivity index (χ1n) is 5.76. The van der Waals surface area contributed by atoms with Gasteiger partial charge < -0.3 is 9.42 Å². The van der Waals surface area contributed by atoms with Gasteiger partial charge in [0.15, 0.2) is 0 Å². The van der Waals surface area contributed by atoms with Crippen LogP contribution in [-0.4, -0.2) is 35.7 Å². The Morgan fingerprint density at radius 1 is 1.29 bits per heavy atom. The van der Waals surface area contributed by atoms with Crippen molar-refractivity contribution in [2.75, 3.05) is 20.6 Å². The standard InChI is InChI=1S/C13H17N3O/c1-16(2)8-4-6-11-5-3-7-12(9-11)13-14-10-17-15-13/h3,5,7,9-10H,4,6,8H2,1-2H3. The van der Waals surface area contributed by atoms with Crippen LogP contribution >= 0.6 is 0 Å². The molecular formula is C13H17N3O. The minimum absolute atomic E-state index is 0.652. The molecule has 0 aliphatic rings. The Kier molecular flexibility index (Phi) is 3.88. The first-order valence-corrected chi connectivity index (χ1v) is 5.76. The highest BCUT2D eigenvalue weighted by Gasteiger charge is 2.03. The smallest absolute Gasteiger partial charge is 0.214 e. The molecule has 17 heavy (non-hydrogen) atoms. The van der Waals surface area contributed by atoms with Gasteiger partial charge in [0.1, 0.15) is 0 Å². The molecule has 0 aliphatic heterocycles. The second kappa shape index (κ2) is 5.59. The molecule has 0 bridgehead atoms. The van der Waals surface area contributed by atoms with Gasteiger partial charge in [-0.3, -0.25) is 0 Å². The van der Waals surface area contributed by atoms with Crippen molar-refractivity contribution in [1.29, 1.82) is 0 Å². The van der Waals surface area contributed by atoms with Crippen LogP contribution in [-0.2, 0) is 6.42 Å². The van der Waals surface area contributed by atoms with E-state index in [1.807, 2.05) is 12.1 Å². The molecule has 4 nitrogen and oxygen atoms in total. The van der Waals surface area contributed by atoms with Crippen LogP contribution in [0.2, 0.25) is 0 Å². The fourth-order valence-electron chi connectivity index (χ4n) is 1.76. The van der Waals surface area contributed by atoms with E-state index in [0.717, 1.165) is 24.9 Å². The van der Waals surface area contributed by atoms with Crippen LogP contribution in [0.4, 0.5) is 0 Å². The largest absolute Gasteiger partial charge is 0.342 e. The van der Waals surface area contributed by atoms with Crippen LogP contribution in [0.15, 0.2) is 35.2 Å². The van der Waals surface area contributed by atoms with Crippen molar-refractivity contribution in [1.82, 2.24) is 15.0 Å². The number of rotatable bonds is 5. The third-order valence-corrected chi connectivity index (χ3v) is 2.62. The van der Waals surface area contributed by atoms with E-state index in [0.29, 0.717) is 5.82 Å². The lowest BCUT2D eigenvalue weighted by molar-refractivity contribution is 0.400. The number of hydrogen-bond donors (Lipinski definition) is 0. The van der Waals surface area contributed by atoms with Gasteiger partial charge in [0.25, 0.3) is 0 Å². The van der Waals surface area contributed by atoms with E-state index < -0.39 is 0 Å². The molecule has 1 heterocycles. The summed E-state index contributed by atoms with van der Waals surface area (Å²) in [5, 5.41) is 3.84. The molecule has 0 spiro atoms. The Morgan fingerprint density at radius 2 is 2.18 bits per heavy atom. The van der Waals surface area contributed by atoms with Crippen molar-refractivity contribution in [2.24, 2.45) is 0 Å². The van der Waals surface area contributed by atoms with Gasteiger partial charge in [-0.25, -0.2) is 0 Å². The van der Waals surface area contributed by atoms with Crippen molar-refractivity contribution in [2.45, 2.75) is 12.8 Å². The molecule has 1 aromatic carbocycles. The maximum absolute atomic E-state index is 4.75. The molecule has 0 amide bonds. The van der Waals surface area contributed by atoms with Gasteiger partial charge in [0.2, 0.25) is 12.2 Å². The molecule has 0 atom stereocenters. The molecule has 0 fully saturated rings. The Hall–Kier alpha value is -1.68. The van der Waals surface area contributed by atoms with Crippen LogP contribution in [0.5, 0.6) is 0 Å². The predicted molar refractivity (Wildman–Crippen MR) is 66.6 cm³/mol. The molecule has 0 unspecified atom stereocenters. The van der Waals surface area contributed by atoms with Crippen LogP contribution in [0.3, 0.4) is 0 Å². The summed E-state index contributed by atoms with van der Waals surface area (Å²) < 4.78 is 4.75. The first-order chi connectivity index (χ1) is 8.25. The summed E-state index contributed by atoms with van der Waals surface area (Å²) in [7, 11) is 4.19. The maximum Gasteiger partial charge on any atom is 0.214 e. The molecule has 0 radical (unpaired) electrons. The molecule has 0 N–H and O–H groups in total. The molecule has 90 valence electrons. The van der Waals surface area contributed by atoms with Crippen LogP contribution < -0.4 is 0 Å². The van der Waals surface area contributed by atoms with Crippen LogP contribution in [0.1, 0.15) is 12.0 Å². The van der Waals surface area contributed by atoms with E-state index in [2.05, 4.69) is 41.3 Å². The monoisotopic (exact) mass is 231 g/mol. The van der Waals surface area contributed by atoms with Gasteiger partial charge in [-0.05, 0) is 45.1 Å².